The van der Waals surface area contributed by atoms with Crippen molar-refractivity contribution < 1.29 is 57.8 Å². The van der Waals surface area contributed by atoms with E-state index in [4.69, 9.17) is 17.3 Å². The number of primary amides is 2. The minimum atomic E-state index is -1.73. The van der Waals surface area contributed by atoms with E-state index in [1.807, 2.05) is 0 Å². The maximum absolute atomic E-state index is 14.8. The third-order valence-corrected chi connectivity index (χ3v) is 12.7. The minimum absolute atomic E-state index is 0.0469. The van der Waals surface area contributed by atoms with Crippen LogP contribution in [0.4, 0.5) is 0 Å². The first kappa shape index (κ1) is 59.7. The van der Waals surface area contributed by atoms with Gasteiger partial charge >= 0.3 is 0 Å². The summed E-state index contributed by atoms with van der Waals surface area (Å²) in [6, 6.07) is 5.77. The van der Waals surface area contributed by atoms with Crippen molar-refractivity contribution in [3.63, 3.8) is 0 Å². The van der Waals surface area contributed by atoms with E-state index in [1.165, 1.54) is 24.3 Å². The molecule has 23 nitrogen and oxygen atoms in total. The summed E-state index contributed by atoms with van der Waals surface area (Å²) in [5.41, 5.74) is 19.7. The molecule has 394 valence electrons. The summed E-state index contributed by atoms with van der Waals surface area (Å²) in [4.78, 5) is 150. The molecule has 7 amide bonds. The van der Waals surface area contributed by atoms with Crippen LogP contribution < -0.4 is 54.9 Å². The molecule has 24 heteroatoms. The van der Waals surface area contributed by atoms with E-state index in [9.17, 15) is 57.8 Å². The standard InChI is InChI=1S/C48H69N11O12S/c1-5-28(4)42-45(68)44(67)34(21-29-13-15-31(60)16-14-29)53-40(64)12-9-19-72-26-36(56-47(70)35(22-39(50)63)55-46(69)32(57-58-42)17-18-38(49)62)48(71)59(24-30-10-7-6-8-11-30)25-41(65)54-33(20-27(2)3)43(66)37(61)23-52-51/h6-8,10-11,13-16,27-28,32-36,42,52,57-58,60H,5,9,12,17-26,51H2,1-4H3,(H2,49,62)(H2,50,63)(H,53,64)(H,54,65)(H,55,69)(H,56,70)/t28-,32-,33-,34-,35-,36-,42?/m0/s1. The second kappa shape index (κ2) is 30.3. The van der Waals surface area contributed by atoms with Gasteiger partial charge in [-0.2, -0.15) is 11.8 Å². The average molecular weight is 1020 g/mol. The molecule has 14 N–H and O–H groups in total. The van der Waals surface area contributed by atoms with Gasteiger partial charge in [0.05, 0.1) is 37.6 Å². The SMILES string of the molecule is CC[C@H](C)C1NN[C@@H](CCC(N)=O)C(=O)N[C@@H](CC(N)=O)C(=O)N[C@H](C(=O)N(CC(=O)N[C@@H](CC(C)C)C(=O)C(=O)CNN)Cc2ccccc2)CSCCCC(=O)N[C@@H](Cc2ccc(O)cc2)C(=O)C1=O. The lowest BCUT2D eigenvalue weighted by Crippen LogP contribution is -2.62. The Morgan fingerprint density at radius 3 is 2.10 bits per heavy atom. The highest BCUT2D eigenvalue weighted by molar-refractivity contribution is 7.99. The molecule has 2 aromatic rings. The number of Topliss-reactive ketones (excluding diaryl/α,β-unsaturated/α-hetero) is 4. The van der Waals surface area contributed by atoms with Gasteiger partial charge in [-0.05, 0) is 60.1 Å². The van der Waals surface area contributed by atoms with E-state index >= 15 is 0 Å². The normalized spacial score (nSPS) is 20.8. The van der Waals surface area contributed by atoms with Gasteiger partial charge in [-0.3, -0.25) is 64.0 Å². The molecule has 1 aliphatic rings. The van der Waals surface area contributed by atoms with Gasteiger partial charge in [0, 0.05) is 31.6 Å². The van der Waals surface area contributed by atoms with E-state index in [2.05, 4.69) is 37.5 Å². The molecular weight excluding hydrogens is 955 g/mol. The largest absolute Gasteiger partial charge is 0.508 e. The fraction of sp³-hybridized carbons (Fsp3) is 0.521. The highest BCUT2D eigenvalue weighted by Gasteiger charge is 2.37. The van der Waals surface area contributed by atoms with Gasteiger partial charge in [-0.15, -0.1) is 0 Å². The number of hydrogen-bond donors (Lipinski definition) is 11. The lowest BCUT2D eigenvalue weighted by molar-refractivity contribution is -0.142. The van der Waals surface area contributed by atoms with Gasteiger partial charge < -0.3 is 42.7 Å². The van der Waals surface area contributed by atoms with Crippen LogP contribution in [0.15, 0.2) is 54.6 Å². The van der Waals surface area contributed by atoms with Crippen LogP contribution in [-0.2, 0) is 65.7 Å². The molecule has 1 saturated heterocycles. The number of amides is 7. The predicted octanol–water partition coefficient (Wildman–Crippen LogP) is -1.77. The summed E-state index contributed by atoms with van der Waals surface area (Å²) in [6.45, 7) is 5.65. The molecule has 0 radical (unpaired) electrons. The summed E-state index contributed by atoms with van der Waals surface area (Å²) in [5, 5.41) is 20.2. The van der Waals surface area contributed by atoms with E-state index in [1.54, 1.807) is 58.0 Å². The first-order chi connectivity index (χ1) is 34.1. The van der Waals surface area contributed by atoms with Gasteiger partial charge in [0.15, 0.2) is 0 Å². The molecular formula is C48H69N11O12S. The van der Waals surface area contributed by atoms with Crippen LogP contribution in [0.5, 0.6) is 5.75 Å². The van der Waals surface area contributed by atoms with Crippen LogP contribution in [0.1, 0.15) is 83.8 Å². The Morgan fingerprint density at radius 2 is 1.49 bits per heavy atom. The Balaban J connectivity index is 2.10. The minimum Gasteiger partial charge on any atom is -0.508 e. The molecule has 1 unspecified atom stereocenters. The first-order valence-corrected chi connectivity index (χ1v) is 24.8. The van der Waals surface area contributed by atoms with Crippen LogP contribution >= 0.6 is 11.8 Å². The molecule has 1 fully saturated rings. The molecule has 0 spiro atoms. The number of benzene rings is 2. The fourth-order valence-corrected chi connectivity index (χ4v) is 8.48. The Hall–Kier alpha value is -6.60. The van der Waals surface area contributed by atoms with Gasteiger partial charge in [0.2, 0.25) is 64.5 Å². The van der Waals surface area contributed by atoms with Crippen molar-refractivity contribution in [3.8, 4) is 5.75 Å². The molecule has 1 heterocycles. The Kier molecular flexibility index (Phi) is 25.1. The van der Waals surface area contributed by atoms with E-state index in [-0.39, 0.29) is 68.2 Å². The number of phenols is 1. The summed E-state index contributed by atoms with van der Waals surface area (Å²) in [5.74, 6) is -5.27. The van der Waals surface area contributed by atoms with Crippen LogP contribution in [0.25, 0.3) is 0 Å². The smallest absolute Gasteiger partial charge is 0.246 e. The zero-order chi connectivity index (χ0) is 53.5. The van der Waals surface area contributed by atoms with Gasteiger partial charge in [-0.25, -0.2) is 10.9 Å². The number of hydrazine groups is 2. The first-order valence-electron chi connectivity index (χ1n) is 23.7. The van der Waals surface area contributed by atoms with Crippen LogP contribution in [0.3, 0.4) is 0 Å². The predicted molar refractivity (Wildman–Crippen MR) is 265 cm³/mol. The quantitative estimate of drug-likeness (QED) is 0.0375. The van der Waals surface area contributed by atoms with Gasteiger partial charge in [0.25, 0.3) is 0 Å². The third kappa shape index (κ3) is 20.3. The highest BCUT2D eigenvalue weighted by atomic mass is 32.2. The van der Waals surface area contributed by atoms with Crippen molar-refractivity contribution in [1.29, 1.82) is 0 Å². The second-order valence-corrected chi connectivity index (χ2v) is 19.1. The van der Waals surface area contributed by atoms with Gasteiger partial charge in [-0.1, -0.05) is 76.6 Å². The average Bonchev–Trinajstić information content (AvgIpc) is 3.32. The van der Waals surface area contributed by atoms with Crippen molar-refractivity contribution in [1.82, 2.24) is 42.4 Å². The number of thioether (sulfide) groups is 1. The number of nitrogens with zero attached hydrogens (tertiary/aromatic N) is 1. The number of phenolic OH excluding ortho intramolecular Hbond substituents is 1. The second-order valence-electron chi connectivity index (χ2n) is 18.0. The molecule has 0 saturated carbocycles. The lowest BCUT2D eigenvalue weighted by atomic mass is 9.90. The molecule has 0 aliphatic carbocycles. The van der Waals surface area contributed by atoms with Crippen molar-refractivity contribution in [2.75, 3.05) is 24.6 Å². The number of carbonyl (C=O) groups excluding carboxylic acids is 11. The molecule has 2 aromatic carbocycles. The van der Waals surface area contributed by atoms with Crippen molar-refractivity contribution >= 4 is 76.2 Å². The topological polar surface area (TPSA) is 374 Å². The van der Waals surface area contributed by atoms with Crippen molar-refractivity contribution in [2.45, 2.75) is 122 Å². The van der Waals surface area contributed by atoms with Crippen LogP contribution in [-0.4, -0.2) is 135 Å². The number of hydrogen-bond acceptors (Lipinski definition) is 17. The zero-order valence-corrected chi connectivity index (χ0v) is 41.8. The molecule has 0 bridgehead atoms. The molecule has 0 aromatic heterocycles. The molecule has 7 atom stereocenters. The third-order valence-electron chi connectivity index (χ3n) is 11.6. The zero-order valence-electron chi connectivity index (χ0n) is 41.0. The summed E-state index contributed by atoms with van der Waals surface area (Å²) >= 11 is 1.13. The number of aromatic hydroxyl groups is 1. The van der Waals surface area contributed by atoms with E-state index in [0.717, 1.165) is 16.7 Å². The summed E-state index contributed by atoms with van der Waals surface area (Å²) < 4.78 is 0. The highest BCUT2D eigenvalue weighted by Crippen LogP contribution is 2.17. The Morgan fingerprint density at radius 1 is 0.819 bits per heavy atom. The number of carbonyl (C=O) groups is 11. The molecule has 3 rings (SSSR count). The number of ketones is 4. The van der Waals surface area contributed by atoms with Crippen molar-refractivity contribution in [2.24, 2.45) is 29.1 Å². The molecule has 72 heavy (non-hydrogen) atoms. The van der Waals surface area contributed by atoms with E-state index in [0.29, 0.717) is 17.5 Å². The van der Waals surface area contributed by atoms with E-state index < -0.39 is 126 Å². The Bertz CT molecular complexity index is 2230. The fourth-order valence-electron chi connectivity index (χ4n) is 7.51. The number of rotatable bonds is 21. The lowest BCUT2D eigenvalue weighted by Gasteiger charge is -2.30. The van der Waals surface area contributed by atoms with Crippen molar-refractivity contribution in [3.05, 3.63) is 65.7 Å². The molecule has 1 aliphatic heterocycles. The monoisotopic (exact) mass is 1020 g/mol. The van der Waals surface area contributed by atoms with Crippen LogP contribution in [0.2, 0.25) is 0 Å². The maximum atomic E-state index is 14.8. The number of nitrogens with one attached hydrogen (secondary N) is 7. The van der Waals surface area contributed by atoms with Gasteiger partial charge in [0.1, 0.15) is 23.9 Å². The maximum Gasteiger partial charge on any atom is 0.246 e. The summed E-state index contributed by atoms with van der Waals surface area (Å²) in [6.07, 6.45) is -1.14. The van der Waals surface area contributed by atoms with Crippen LogP contribution in [0, 0.1) is 11.8 Å². The number of nitrogens with two attached hydrogens (primary N) is 3. The summed E-state index contributed by atoms with van der Waals surface area (Å²) in [7, 11) is 0. The Labute approximate surface area is 422 Å².